The van der Waals surface area contributed by atoms with Crippen LogP contribution in [0.15, 0.2) is 71.9 Å². The van der Waals surface area contributed by atoms with Gasteiger partial charge < -0.3 is 15.0 Å². The average Bonchev–Trinajstić information content (AvgIpc) is 3.86. The van der Waals surface area contributed by atoms with Gasteiger partial charge in [-0.25, -0.2) is 15.0 Å². The summed E-state index contributed by atoms with van der Waals surface area (Å²) in [6.07, 6.45) is 7.45. The van der Waals surface area contributed by atoms with Crippen LogP contribution in [0, 0.1) is 17.8 Å². The molecule has 6 heterocycles. The Bertz CT molecular complexity index is 1850. The molecule has 0 aromatic carbocycles. The molecule has 9 nitrogen and oxygen atoms in total. The molecule has 1 aliphatic carbocycles. The van der Waals surface area contributed by atoms with Gasteiger partial charge in [-0.05, 0) is 104 Å². The third kappa shape index (κ3) is 7.75. The molecule has 4 aromatic rings. The lowest BCUT2D eigenvalue weighted by molar-refractivity contribution is 0.0984. The van der Waals surface area contributed by atoms with Crippen LogP contribution in [0.2, 0.25) is 0 Å². The molecule has 3 unspecified atom stereocenters. The van der Waals surface area contributed by atoms with Gasteiger partial charge in [-0.1, -0.05) is 52.7 Å². The molecule has 2 N–H and O–H groups in total. The fraction of sp³-hybridized carbons (Fsp3) is 0.475. The van der Waals surface area contributed by atoms with Gasteiger partial charge >= 0.3 is 0 Å². The first-order valence-electron chi connectivity index (χ1n) is 18.0. The number of rotatable bonds is 6. The highest BCUT2D eigenvalue weighted by molar-refractivity contribution is 7.97. The number of nitrogens with zero attached hydrogens (tertiary/aromatic N) is 5. The normalized spacial score (nSPS) is 22.1. The SMILES string of the molecule is CC1CC(c2cc(C(C)(C)C)ccn2)Nc2cccc(n2)SNC(=O)c2ccc(-c3cccc(OCCC4CC4)n3)nc2N2CC1CC2(C)C. The van der Waals surface area contributed by atoms with E-state index in [1.165, 1.54) is 30.4 Å². The van der Waals surface area contributed by atoms with Crippen LogP contribution in [0.1, 0.15) is 101 Å². The average molecular weight is 692 g/mol. The number of anilines is 2. The van der Waals surface area contributed by atoms with E-state index < -0.39 is 0 Å². The van der Waals surface area contributed by atoms with E-state index in [1.54, 1.807) is 0 Å². The van der Waals surface area contributed by atoms with Gasteiger partial charge in [0, 0.05) is 36.3 Å². The van der Waals surface area contributed by atoms with Gasteiger partial charge in [0.15, 0.2) is 0 Å². The molecule has 262 valence electrons. The first kappa shape index (κ1) is 34.3. The van der Waals surface area contributed by atoms with Crippen molar-refractivity contribution in [1.29, 1.82) is 0 Å². The largest absolute Gasteiger partial charge is 0.478 e. The monoisotopic (exact) mass is 691 g/mol. The fourth-order valence-corrected chi connectivity index (χ4v) is 7.81. The minimum absolute atomic E-state index is 0.00521. The molecule has 3 atom stereocenters. The van der Waals surface area contributed by atoms with Crippen LogP contribution in [0.4, 0.5) is 11.6 Å². The second kappa shape index (κ2) is 13.9. The predicted molar refractivity (Wildman–Crippen MR) is 200 cm³/mol. The van der Waals surface area contributed by atoms with Gasteiger partial charge in [-0.15, -0.1) is 0 Å². The van der Waals surface area contributed by atoms with E-state index in [-0.39, 0.29) is 22.9 Å². The fourth-order valence-electron chi connectivity index (χ4n) is 7.21. The van der Waals surface area contributed by atoms with Gasteiger partial charge in [-0.3, -0.25) is 14.5 Å². The molecule has 50 heavy (non-hydrogen) atoms. The van der Waals surface area contributed by atoms with Crippen molar-refractivity contribution >= 4 is 29.5 Å². The third-order valence-electron chi connectivity index (χ3n) is 10.5. The van der Waals surface area contributed by atoms with Crippen molar-refractivity contribution in [3.05, 3.63) is 83.7 Å². The highest BCUT2D eigenvalue weighted by atomic mass is 32.2. The molecule has 10 heteroatoms. The van der Waals surface area contributed by atoms with Crippen molar-refractivity contribution in [3.63, 3.8) is 0 Å². The molecule has 4 bridgehead atoms. The molecule has 7 rings (SSSR count). The quantitative estimate of drug-likeness (QED) is 0.192. The Balaban J connectivity index is 1.24. The zero-order valence-electron chi connectivity index (χ0n) is 30.1. The van der Waals surface area contributed by atoms with Gasteiger partial charge in [0.05, 0.1) is 35.3 Å². The van der Waals surface area contributed by atoms with E-state index in [1.807, 2.05) is 54.7 Å². The number of amides is 1. The van der Waals surface area contributed by atoms with Crippen molar-refractivity contribution in [3.8, 4) is 17.3 Å². The molecule has 1 saturated heterocycles. The number of fused-ring (bicyclic) bond motifs is 6. The molecule has 0 spiro atoms. The van der Waals surface area contributed by atoms with E-state index >= 15 is 0 Å². The minimum Gasteiger partial charge on any atom is -0.478 e. The number of ether oxygens (including phenoxy) is 1. The lowest BCUT2D eigenvalue weighted by Crippen LogP contribution is -2.40. The lowest BCUT2D eigenvalue weighted by atomic mass is 9.82. The summed E-state index contributed by atoms with van der Waals surface area (Å²) in [6, 6.07) is 19.8. The maximum absolute atomic E-state index is 13.9. The molecule has 4 aromatic heterocycles. The summed E-state index contributed by atoms with van der Waals surface area (Å²) < 4.78 is 9.07. The zero-order chi connectivity index (χ0) is 35.0. The smallest absolute Gasteiger partial charge is 0.265 e. The van der Waals surface area contributed by atoms with E-state index in [4.69, 9.17) is 24.7 Å². The van der Waals surface area contributed by atoms with Crippen LogP contribution >= 0.6 is 11.9 Å². The van der Waals surface area contributed by atoms with Gasteiger partial charge in [0.1, 0.15) is 16.7 Å². The Morgan fingerprint density at radius 1 is 1.00 bits per heavy atom. The molecular formula is C40H49N7O2S. The van der Waals surface area contributed by atoms with E-state index in [2.05, 4.69) is 68.6 Å². The molecule has 1 saturated carbocycles. The number of carbonyl (C=O) groups excluding carboxylic acids is 1. The highest BCUT2D eigenvalue weighted by Gasteiger charge is 2.43. The number of nitrogens with one attached hydrogen (secondary N) is 2. The molecule has 2 aliphatic heterocycles. The Hall–Kier alpha value is -4.18. The standard InChI is InChI=1S/C40H49N7O2S/c1-25-21-33(32-22-28(17-19-41-32)39(2,3)4)42-34-10-8-12-36(45-34)50-46-38(48)29-15-16-31(44-37(29)47-24-27(25)23-40(47,5)6)30-9-7-11-35(43-30)49-20-18-26-13-14-26/h7-12,15-17,19,22,25-27,33H,13-14,18,20-21,23-24H2,1-6H3,(H,42,45)(H,46,48). The number of aromatic nitrogens is 4. The topological polar surface area (TPSA) is 105 Å². The van der Waals surface area contributed by atoms with Crippen molar-refractivity contribution < 1.29 is 9.53 Å². The molecule has 2 fully saturated rings. The molecule has 1 amide bonds. The Labute approximate surface area is 300 Å². The van der Waals surface area contributed by atoms with Crippen molar-refractivity contribution in [2.45, 2.75) is 95.7 Å². The zero-order valence-corrected chi connectivity index (χ0v) is 30.9. The van der Waals surface area contributed by atoms with Crippen LogP contribution < -0.4 is 19.7 Å². The van der Waals surface area contributed by atoms with Crippen molar-refractivity contribution in [1.82, 2.24) is 24.7 Å². The first-order valence-corrected chi connectivity index (χ1v) is 18.8. The summed E-state index contributed by atoms with van der Waals surface area (Å²) in [5, 5.41) is 4.42. The van der Waals surface area contributed by atoms with Crippen molar-refractivity contribution in [2.75, 3.05) is 23.4 Å². The maximum atomic E-state index is 13.9. The van der Waals surface area contributed by atoms with Gasteiger partial charge in [-0.2, -0.15) is 0 Å². The minimum atomic E-state index is -0.232. The van der Waals surface area contributed by atoms with Crippen LogP contribution in [-0.4, -0.2) is 44.5 Å². The van der Waals surface area contributed by atoms with E-state index in [0.29, 0.717) is 46.4 Å². The summed E-state index contributed by atoms with van der Waals surface area (Å²) in [6.45, 7) is 15.0. The number of hydrogen-bond acceptors (Lipinski definition) is 9. The summed E-state index contributed by atoms with van der Waals surface area (Å²) in [7, 11) is 0. The summed E-state index contributed by atoms with van der Waals surface area (Å²) in [4.78, 5) is 36.0. The van der Waals surface area contributed by atoms with Crippen LogP contribution in [-0.2, 0) is 5.41 Å². The lowest BCUT2D eigenvalue weighted by Gasteiger charge is -2.34. The predicted octanol–water partition coefficient (Wildman–Crippen LogP) is 8.65. The van der Waals surface area contributed by atoms with E-state index in [0.717, 1.165) is 48.9 Å². The molecule has 3 aliphatic rings. The van der Waals surface area contributed by atoms with Gasteiger partial charge in [0.25, 0.3) is 5.91 Å². The Morgan fingerprint density at radius 2 is 1.80 bits per heavy atom. The Kier molecular flexibility index (Phi) is 9.50. The maximum Gasteiger partial charge on any atom is 0.265 e. The number of hydrogen-bond donors (Lipinski definition) is 2. The van der Waals surface area contributed by atoms with Crippen LogP contribution in [0.5, 0.6) is 5.88 Å². The van der Waals surface area contributed by atoms with Gasteiger partial charge in [0.2, 0.25) is 5.88 Å². The van der Waals surface area contributed by atoms with Crippen LogP contribution in [0.25, 0.3) is 11.4 Å². The number of carbonyl (C=O) groups is 1. The van der Waals surface area contributed by atoms with Crippen LogP contribution in [0.3, 0.4) is 0 Å². The van der Waals surface area contributed by atoms with Crippen molar-refractivity contribution in [2.24, 2.45) is 17.8 Å². The number of pyridine rings is 4. The second-order valence-electron chi connectivity index (χ2n) is 15.9. The molecular weight excluding hydrogens is 643 g/mol. The summed E-state index contributed by atoms with van der Waals surface area (Å²) in [5.41, 5.74) is 4.01. The Morgan fingerprint density at radius 3 is 2.60 bits per heavy atom. The first-order chi connectivity index (χ1) is 23.9. The molecule has 0 radical (unpaired) electrons. The van der Waals surface area contributed by atoms with E-state index in [9.17, 15) is 4.79 Å². The third-order valence-corrected chi connectivity index (χ3v) is 11.2. The highest BCUT2D eigenvalue weighted by Crippen LogP contribution is 2.43. The summed E-state index contributed by atoms with van der Waals surface area (Å²) >= 11 is 1.21. The summed E-state index contributed by atoms with van der Waals surface area (Å²) in [5.74, 6) is 3.32. The second-order valence-corrected chi connectivity index (χ2v) is 16.7.